The van der Waals surface area contributed by atoms with Crippen LogP contribution in [0.1, 0.15) is 40.0 Å². The van der Waals surface area contributed by atoms with E-state index in [1.54, 1.807) is 30.0 Å². The van der Waals surface area contributed by atoms with Crippen molar-refractivity contribution in [2.24, 2.45) is 0 Å². The molecule has 0 fully saturated rings. The van der Waals surface area contributed by atoms with Gasteiger partial charge in [-0.15, -0.1) is 0 Å². The van der Waals surface area contributed by atoms with Crippen LogP contribution in [-0.4, -0.2) is 32.7 Å². The van der Waals surface area contributed by atoms with Crippen LogP contribution < -0.4 is 9.64 Å². The van der Waals surface area contributed by atoms with E-state index in [0.29, 0.717) is 17.4 Å². The number of benzene rings is 3. The van der Waals surface area contributed by atoms with Crippen molar-refractivity contribution in [1.29, 1.82) is 0 Å². The van der Waals surface area contributed by atoms with Crippen LogP contribution in [0.4, 0.5) is 11.6 Å². The molecule has 35 heavy (non-hydrogen) atoms. The number of amides is 1. The second-order valence-electron chi connectivity index (χ2n) is 8.05. The number of carbonyl (C=O) groups is 1. The molecule has 0 saturated heterocycles. The van der Waals surface area contributed by atoms with Gasteiger partial charge in [-0.25, -0.2) is 4.68 Å². The largest absolute Gasteiger partial charge is 0.497 e. The number of ether oxygens (including phenoxy) is 1. The van der Waals surface area contributed by atoms with Crippen LogP contribution in [0, 0.1) is 10.1 Å². The molecule has 0 spiro atoms. The molecule has 0 radical (unpaired) electrons. The van der Waals surface area contributed by atoms with Gasteiger partial charge >= 0.3 is 0 Å². The van der Waals surface area contributed by atoms with E-state index in [-0.39, 0.29) is 17.3 Å². The zero-order chi connectivity index (χ0) is 24.5. The lowest BCUT2D eigenvalue weighted by Gasteiger charge is -2.39. The molecule has 5 rings (SSSR count). The number of aromatic nitrogens is 3. The second kappa shape index (κ2) is 9.19. The molecule has 1 aromatic heterocycles. The van der Waals surface area contributed by atoms with Gasteiger partial charge in [0.2, 0.25) is 5.95 Å². The highest BCUT2D eigenvalue weighted by Gasteiger charge is 2.41. The van der Waals surface area contributed by atoms with Gasteiger partial charge in [-0.2, -0.15) is 10.1 Å². The normalized spacial score (nSPS) is 17.0. The van der Waals surface area contributed by atoms with E-state index < -0.39 is 16.9 Å². The summed E-state index contributed by atoms with van der Waals surface area (Å²) in [7, 11) is 1.61. The van der Waals surface area contributed by atoms with Crippen molar-refractivity contribution >= 4 is 29.1 Å². The highest BCUT2D eigenvalue weighted by atomic mass is 35.5. The molecular formula is C25H20ClN5O4. The predicted molar refractivity (Wildman–Crippen MR) is 130 cm³/mol. The third kappa shape index (κ3) is 4.10. The number of nitro groups is 1. The maximum atomic E-state index is 13.9. The monoisotopic (exact) mass is 489 g/mol. The van der Waals surface area contributed by atoms with Crippen molar-refractivity contribution in [3.63, 3.8) is 0 Å². The van der Waals surface area contributed by atoms with Gasteiger partial charge in [0.05, 0.1) is 24.1 Å². The average molecular weight is 490 g/mol. The van der Waals surface area contributed by atoms with Gasteiger partial charge in [0.15, 0.2) is 0 Å². The first kappa shape index (κ1) is 22.5. The van der Waals surface area contributed by atoms with Crippen LogP contribution in [0.3, 0.4) is 0 Å². The summed E-state index contributed by atoms with van der Waals surface area (Å²) >= 11 is 6.12. The Bertz CT molecular complexity index is 1390. The Balaban J connectivity index is 1.65. The molecule has 4 aromatic rings. The van der Waals surface area contributed by atoms with Gasteiger partial charge in [0.25, 0.3) is 11.6 Å². The van der Waals surface area contributed by atoms with Crippen molar-refractivity contribution in [1.82, 2.24) is 14.8 Å². The standard InChI is InChI=1S/C25H20ClN5O4/c1-35-19-12-8-17(9-13-19)23-14-22(16-6-10-18(26)11-7-16)29(25-27-15-28-30(23)25)24(32)20-4-2-3-5-21(20)31(33)34/h2-13,15,22-23H,14H2,1H3/t22-,23-/m1/s1. The maximum absolute atomic E-state index is 13.9. The summed E-state index contributed by atoms with van der Waals surface area (Å²) in [6.45, 7) is 0. The Hall–Kier alpha value is -4.24. The summed E-state index contributed by atoms with van der Waals surface area (Å²) in [5.74, 6) is 0.505. The second-order valence-corrected chi connectivity index (χ2v) is 8.48. The molecular weight excluding hydrogens is 470 g/mol. The minimum absolute atomic E-state index is 0.0195. The summed E-state index contributed by atoms with van der Waals surface area (Å²) in [6.07, 6.45) is 1.85. The van der Waals surface area contributed by atoms with Crippen molar-refractivity contribution in [2.75, 3.05) is 12.0 Å². The van der Waals surface area contributed by atoms with E-state index >= 15 is 0 Å². The predicted octanol–water partition coefficient (Wildman–Crippen LogP) is 5.23. The molecule has 0 saturated carbocycles. The molecule has 2 atom stereocenters. The molecule has 0 unspecified atom stereocenters. The third-order valence-corrected chi connectivity index (χ3v) is 6.38. The van der Waals surface area contributed by atoms with Gasteiger partial charge in [-0.05, 0) is 47.9 Å². The molecule has 176 valence electrons. The molecule has 0 aliphatic carbocycles. The number of para-hydroxylation sites is 1. The van der Waals surface area contributed by atoms with Gasteiger partial charge in [-0.3, -0.25) is 19.8 Å². The Labute approximate surface area is 205 Å². The van der Waals surface area contributed by atoms with E-state index in [9.17, 15) is 14.9 Å². The number of methoxy groups -OCH3 is 1. The van der Waals surface area contributed by atoms with Crippen LogP contribution in [0.5, 0.6) is 5.75 Å². The first-order valence-corrected chi connectivity index (χ1v) is 11.2. The molecule has 0 N–H and O–H groups in total. The number of fused-ring (bicyclic) bond motifs is 1. The van der Waals surface area contributed by atoms with E-state index in [1.165, 1.54) is 29.4 Å². The Morgan fingerprint density at radius 3 is 2.37 bits per heavy atom. The number of halogens is 1. The molecule has 10 heteroatoms. The molecule has 1 aliphatic rings. The van der Waals surface area contributed by atoms with Gasteiger partial charge in [0, 0.05) is 11.1 Å². The Morgan fingerprint density at radius 2 is 1.69 bits per heavy atom. The number of nitrogens with zero attached hydrogens (tertiary/aromatic N) is 5. The van der Waals surface area contributed by atoms with Crippen molar-refractivity contribution in [3.05, 3.63) is 111 Å². The number of carbonyl (C=O) groups excluding carboxylic acids is 1. The number of rotatable bonds is 5. The summed E-state index contributed by atoms with van der Waals surface area (Å²) in [5.41, 5.74) is 1.51. The molecule has 2 heterocycles. The van der Waals surface area contributed by atoms with Gasteiger partial charge in [0.1, 0.15) is 17.6 Å². The van der Waals surface area contributed by atoms with Crippen LogP contribution in [0.15, 0.2) is 79.1 Å². The zero-order valence-electron chi connectivity index (χ0n) is 18.6. The average Bonchev–Trinajstić information content (AvgIpc) is 3.38. The fourth-order valence-electron chi connectivity index (χ4n) is 4.44. The first-order chi connectivity index (χ1) is 17.0. The third-order valence-electron chi connectivity index (χ3n) is 6.13. The number of hydrogen-bond donors (Lipinski definition) is 0. The highest BCUT2D eigenvalue weighted by Crippen LogP contribution is 2.43. The summed E-state index contributed by atoms with van der Waals surface area (Å²) in [4.78, 5) is 30.8. The summed E-state index contributed by atoms with van der Waals surface area (Å²) in [6, 6.07) is 20.1. The molecule has 0 bridgehead atoms. The lowest BCUT2D eigenvalue weighted by atomic mass is 9.91. The molecule has 9 nitrogen and oxygen atoms in total. The first-order valence-electron chi connectivity index (χ1n) is 10.8. The summed E-state index contributed by atoms with van der Waals surface area (Å²) in [5, 5.41) is 16.6. The fraction of sp³-hybridized carbons (Fsp3) is 0.160. The smallest absolute Gasteiger partial charge is 0.282 e. The number of hydrogen-bond acceptors (Lipinski definition) is 6. The van der Waals surface area contributed by atoms with Gasteiger partial charge < -0.3 is 4.74 Å². The minimum Gasteiger partial charge on any atom is -0.497 e. The lowest BCUT2D eigenvalue weighted by Crippen LogP contribution is -2.42. The molecule has 3 aromatic carbocycles. The zero-order valence-corrected chi connectivity index (χ0v) is 19.4. The van der Waals surface area contributed by atoms with E-state index in [1.807, 2.05) is 36.4 Å². The maximum Gasteiger partial charge on any atom is 0.282 e. The lowest BCUT2D eigenvalue weighted by molar-refractivity contribution is -0.385. The van der Waals surface area contributed by atoms with Crippen LogP contribution >= 0.6 is 11.6 Å². The molecule has 1 amide bonds. The van der Waals surface area contributed by atoms with E-state index in [4.69, 9.17) is 16.3 Å². The Morgan fingerprint density at radius 1 is 1.03 bits per heavy atom. The number of nitro benzene ring substituents is 1. The van der Waals surface area contributed by atoms with E-state index in [2.05, 4.69) is 10.1 Å². The van der Waals surface area contributed by atoms with Crippen LogP contribution in [-0.2, 0) is 0 Å². The van der Waals surface area contributed by atoms with Crippen molar-refractivity contribution in [2.45, 2.75) is 18.5 Å². The van der Waals surface area contributed by atoms with Crippen LogP contribution in [0.2, 0.25) is 5.02 Å². The fourth-order valence-corrected chi connectivity index (χ4v) is 4.57. The topological polar surface area (TPSA) is 103 Å². The molecule has 1 aliphatic heterocycles. The Kier molecular flexibility index (Phi) is 5.92. The minimum atomic E-state index is -0.556. The van der Waals surface area contributed by atoms with Crippen LogP contribution in [0.25, 0.3) is 0 Å². The van der Waals surface area contributed by atoms with Crippen molar-refractivity contribution < 1.29 is 14.5 Å². The SMILES string of the molecule is COc1ccc([C@H]2C[C@H](c3ccc(Cl)cc3)N(C(=O)c3ccccc3[N+](=O)[O-])c3ncnn32)cc1. The van der Waals surface area contributed by atoms with E-state index in [0.717, 1.165) is 16.9 Å². The number of anilines is 1. The quantitative estimate of drug-likeness (QED) is 0.281. The van der Waals surface area contributed by atoms with Gasteiger partial charge in [-0.1, -0.05) is 48.0 Å². The highest BCUT2D eigenvalue weighted by molar-refractivity contribution is 6.30. The summed E-state index contributed by atoms with van der Waals surface area (Å²) < 4.78 is 6.97. The van der Waals surface area contributed by atoms with Crippen molar-refractivity contribution in [3.8, 4) is 5.75 Å².